The number of hydrogen-bond acceptors (Lipinski definition) is 1. The lowest BCUT2D eigenvalue weighted by molar-refractivity contribution is 0.319. The van der Waals surface area contributed by atoms with E-state index in [0.717, 1.165) is 11.6 Å². The summed E-state index contributed by atoms with van der Waals surface area (Å²) in [5.41, 5.74) is 2.65. The molecule has 0 unspecified atom stereocenters. The van der Waals surface area contributed by atoms with Crippen molar-refractivity contribution in [3.8, 4) is 0 Å². The number of benzene rings is 1. The van der Waals surface area contributed by atoms with Gasteiger partial charge in [0, 0.05) is 34.2 Å². The molecule has 0 bridgehead atoms. The van der Waals surface area contributed by atoms with E-state index in [1.54, 1.807) is 0 Å². The summed E-state index contributed by atoms with van der Waals surface area (Å²) in [7, 11) is 0. The van der Waals surface area contributed by atoms with Gasteiger partial charge in [-0.05, 0) is 58.0 Å². The standard InChI is InChI=1S/C16H21ClN2/c1-12(2)19-13(11-18-8-3-4-9-18)10-14-15(17)6-5-7-16(14)19/h5-7,10,12H,3-4,8-9,11H2,1-2H3. The Bertz CT molecular complexity index is 580. The molecule has 2 aromatic rings. The van der Waals surface area contributed by atoms with E-state index < -0.39 is 0 Å². The topological polar surface area (TPSA) is 8.17 Å². The number of halogens is 1. The summed E-state index contributed by atoms with van der Waals surface area (Å²) in [6.45, 7) is 7.99. The maximum Gasteiger partial charge on any atom is 0.0500 e. The van der Waals surface area contributed by atoms with E-state index in [4.69, 9.17) is 11.6 Å². The van der Waals surface area contributed by atoms with Gasteiger partial charge in [-0.1, -0.05) is 17.7 Å². The lowest BCUT2D eigenvalue weighted by Gasteiger charge is -2.19. The van der Waals surface area contributed by atoms with Gasteiger partial charge in [-0.3, -0.25) is 4.90 Å². The van der Waals surface area contributed by atoms with Crippen molar-refractivity contribution < 1.29 is 0 Å². The number of nitrogens with zero attached hydrogens (tertiary/aromatic N) is 2. The molecule has 2 heterocycles. The van der Waals surface area contributed by atoms with Gasteiger partial charge in [0.1, 0.15) is 0 Å². The minimum atomic E-state index is 0.466. The molecule has 102 valence electrons. The average molecular weight is 277 g/mol. The van der Waals surface area contributed by atoms with Crippen LogP contribution in [0, 0.1) is 0 Å². The van der Waals surface area contributed by atoms with Crippen LogP contribution in [0.3, 0.4) is 0 Å². The van der Waals surface area contributed by atoms with Gasteiger partial charge in [-0.25, -0.2) is 0 Å². The summed E-state index contributed by atoms with van der Waals surface area (Å²) in [6, 6.07) is 8.94. The molecule has 1 aromatic carbocycles. The van der Waals surface area contributed by atoms with E-state index >= 15 is 0 Å². The number of rotatable bonds is 3. The largest absolute Gasteiger partial charge is 0.341 e. The van der Waals surface area contributed by atoms with Crippen LogP contribution in [0.5, 0.6) is 0 Å². The summed E-state index contributed by atoms with van der Waals surface area (Å²) in [6.07, 6.45) is 2.67. The Balaban J connectivity index is 2.06. The van der Waals surface area contributed by atoms with Crippen LogP contribution in [0.2, 0.25) is 5.02 Å². The first-order chi connectivity index (χ1) is 9.16. The molecule has 0 atom stereocenters. The third kappa shape index (κ3) is 2.39. The molecule has 2 nitrogen and oxygen atoms in total. The van der Waals surface area contributed by atoms with Crippen LogP contribution in [0.15, 0.2) is 24.3 Å². The fraction of sp³-hybridized carbons (Fsp3) is 0.500. The Morgan fingerprint density at radius 3 is 2.63 bits per heavy atom. The van der Waals surface area contributed by atoms with Crippen molar-refractivity contribution in [2.24, 2.45) is 0 Å². The average Bonchev–Trinajstić information content (AvgIpc) is 2.97. The van der Waals surface area contributed by atoms with Gasteiger partial charge in [-0.15, -0.1) is 0 Å². The molecule has 1 saturated heterocycles. The van der Waals surface area contributed by atoms with Crippen molar-refractivity contribution in [1.82, 2.24) is 9.47 Å². The SMILES string of the molecule is CC(C)n1c(CN2CCCC2)cc2c(Cl)cccc21. The zero-order chi connectivity index (χ0) is 13.4. The molecule has 1 aliphatic rings. The molecular weight excluding hydrogens is 256 g/mol. The molecule has 1 fully saturated rings. The molecule has 1 aromatic heterocycles. The maximum absolute atomic E-state index is 6.34. The molecule has 3 heteroatoms. The van der Waals surface area contributed by atoms with Crippen LogP contribution in [0.25, 0.3) is 10.9 Å². The van der Waals surface area contributed by atoms with Crippen molar-refractivity contribution in [2.75, 3.05) is 13.1 Å². The highest BCUT2D eigenvalue weighted by atomic mass is 35.5. The molecular formula is C16H21ClN2. The Morgan fingerprint density at radius 1 is 1.21 bits per heavy atom. The van der Waals surface area contributed by atoms with E-state index in [2.05, 4.69) is 35.4 Å². The fourth-order valence-corrected chi connectivity index (χ4v) is 3.40. The number of hydrogen-bond donors (Lipinski definition) is 0. The second-order valence-corrected chi connectivity index (χ2v) is 6.16. The van der Waals surface area contributed by atoms with E-state index in [1.165, 1.54) is 42.5 Å². The van der Waals surface area contributed by atoms with Gasteiger partial charge in [0.25, 0.3) is 0 Å². The zero-order valence-electron chi connectivity index (χ0n) is 11.7. The van der Waals surface area contributed by atoms with Crippen molar-refractivity contribution >= 4 is 22.5 Å². The third-order valence-corrected chi connectivity index (χ3v) is 4.34. The molecule has 3 rings (SSSR count). The smallest absolute Gasteiger partial charge is 0.0500 e. The highest BCUT2D eigenvalue weighted by Gasteiger charge is 2.17. The Hall–Kier alpha value is -0.990. The van der Waals surface area contributed by atoms with E-state index in [-0.39, 0.29) is 0 Å². The van der Waals surface area contributed by atoms with E-state index in [1.807, 2.05) is 12.1 Å². The molecule has 0 saturated carbocycles. The highest BCUT2D eigenvalue weighted by molar-refractivity contribution is 6.35. The number of likely N-dealkylation sites (tertiary alicyclic amines) is 1. The van der Waals surface area contributed by atoms with Gasteiger partial charge in [0.2, 0.25) is 0 Å². The van der Waals surface area contributed by atoms with Crippen LogP contribution in [0.4, 0.5) is 0 Å². The summed E-state index contributed by atoms with van der Waals surface area (Å²) in [5, 5.41) is 2.05. The third-order valence-electron chi connectivity index (χ3n) is 4.01. The van der Waals surface area contributed by atoms with Crippen LogP contribution in [-0.4, -0.2) is 22.6 Å². The summed E-state index contributed by atoms with van der Waals surface area (Å²) in [5.74, 6) is 0. The quantitative estimate of drug-likeness (QED) is 0.803. The fourth-order valence-electron chi connectivity index (χ4n) is 3.17. The molecule has 0 radical (unpaired) electrons. The van der Waals surface area contributed by atoms with Crippen LogP contribution < -0.4 is 0 Å². The molecule has 1 aliphatic heterocycles. The lowest BCUT2D eigenvalue weighted by Crippen LogP contribution is -2.21. The maximum atomic E-state index is 6.34. The van der Waals surface area contributed by atoms with Gasteiger partial charge in [0.05, 0.1) is 0 Å². The zero-order valence-corrected chi connectivity index (χ0v) is 12.5. The van der Waals surface area contributed by atoms with Crippen LogP contribution >= 0.6 is 11.6 Å². The first-order valence-electron chi connectivity index (χ1n) is 7.17. The van der Waals surface area contributed by atoms with Crippen LogP contribution in [0.1, 0.15) is 38.4 Å². The molecule has 0 amide bonds. The van der Waals surface area contributed by atoms with Crippen molar-refractivity contribution in [1.29, 1.82) is 0 Å². The highest BCUT2D eigenvalue weighted by Crippen LogP contribution is 2.30. The first-order valence-corrected chi connectivity index (χ1v) is 7.55. The lowest BCUT2D eigenvalue weighted by atomic mass is 10.2. The Morgan fingerprint density at radius 2 is 1.95 bits per heavy atom. The van der Waals surface area contributed by atoms with Gasteiger partial charge in [-0.2, -0.15) is 0 Å². The van der Waals surface area contributed by atoms with Crippen molar-refractivity contribution in [2.45, 2.75) is 39.3 Å². The van der Waals surface area contributed by atoms with E-state index in [9.17, 15) is 0 Å². The second kappa shape index (κ2) is 5.18. The van der Waals surface area contributed by atoms with Crippen molar-refractivity contribution in [3.63, 3.8) is 0 Å². The minimum absolute atomic E-state index is 0.466. The van der Waals surface area contributed by atoms with Crippen molar-refractivity contribution in [3.05, 3.63) is 35.0 Å². The first kappa shape index (κ1) is 13.0. The Labute approximate surface area is 120 Å². The normalized spacial score (nSPS) is 16.8. The van der Waals surface area contributed by atoms with E-state index in [0.29, 0.717) is 6.04 Å². The van der Waals surface area contributed by atoms with Crippen LogP contribution in [-0.2, 0) is 6.54 Å². The Kier molecular flexibility index (Phi) is 3.55. The van der Waals surface area contributed by atoms with Gasteiger partial charge in [0.15, 0.2) is 0 Å². The predicted octanol–water partition coefficient (Wildman–Crippen LogP) is 4.47. The van der Waals surface area contributed by atoms with Gasteiger partial charge < -0.3 is 4.57 Å². The molecule has 0 spiro atoms. The molecule has 0 N–H and O–H groups in total. The number of fused-ring (bicyclic) bond motifs is 1. The molecule has 19 heavy (non-hydrogen) atoms. The molecule has 0 aliphatic carbocycles. The number of aromatic nitrogens is 1. The monoisotopic (exact) mass is 276 g/mol. The summed E-state index contributed by atoms with van der Waals surface area (Å²) < 4.78 is 2.43. The summed E-state index contributed by atoms with van der Waals surface area (Å²) in [4.78, 5) is 2.54. The predicted molar refractivity (Wildman–Crippen MR) is 81.8 cm³/mol. The second-order valence-electron chi connectivity index (χ2n) is 5.76. The summed E-state index contributed by atoms with van der Waals surface area (Å²) >= 11 is 6.34. The minimum Gasteiger partial charge on any atom is -0.341 e. The van der Waals surface area contributed by atoms with Gasteiger partial charge >= 0.3 is 0 Å².